The second kappa shape index (κ2) is 11.5. The number of carboxylic acid groups (broad SMARTS) is 1. The highest BCUT2D eigenvalue weighted by Gasteiger charge is 2.19. The molecule has 0 amide bonds. The molecule has 0 saturated carbocycles. The van der Waals surface area contributed by atoms with Crippen molar-refractivity contribution in [1.82, 2.24) is 0 Å². The molecule has 35 heavy (non-hydrogen) atoms. The molecule has 0 spiro atoms. The second-order valence-electron chi connectivity index (χ2n) is 9.80. The molecule has 0 aliphatic heterocycles. The first kappa shape index (κ1) is 26.4. The minimum atomic E-state index is -0.930. The van der Waals surface area contributed by atoms with Crippen molar-refractivity contribution in [2.75, 3.05) is 0 Å². The number of nitrogens with one attached hydrogen (secondary N) is 1. The van der Waals surface area contributed by atoms with E-state index in [4.69, 9.17) is 10.1 Å². The van der Waals surface area contributed by atoms with Gasteiger partial charge in [-0.05, 0) is 70.0 Å². The zero-order chi connectivity index (χ0) is 25.6. The number of hydrogen-bond donors (Lipinski definition) is 2. The highest BCUT2D eigenvalue weighted by atomic mass is 31.0. The third-order valence-electron chi connectivity index (χ3n) is 6.08. The summed E-state index contributed by atoms with van der Waals surface area (Å²) in [6, 6.07) is 22.5. The van der Waals surface area contributed by atoms with Crippen molar-refractivity contribution in [2.45, 2.75) is 52.1 Å². The topological polar surface area (TPSA) is 70.4 Å². The number of allylic oxidation sites excluding steroid dienone is 1. The number of carboxylic acids is 1. The Kier molecular flexibility index (Phi) is 8.64. The predicted octanol–water partition coefficient (Wildman–Crippen LogP) is 7.51. The maximum Gasteiger partial charge on any atom is 0.304 e. The Balaban J connectivity index is 1.73. The van der Waals surface area contributed by atoms with E-state index in [1.807, 2.05) is 24.3 Å². The molecule has 0 aliphatic rings. The van der Waals surface area contributed by atoms with E-state index in [2.05, 4.69) is 79.4 Å². The molecule has 3 rings (SSSR count). The van der Waals surface area contributed by atoms with Crippen molar-refractivity contribution < 1.29 is 14.6 Å². The van der Waals surface area contributed by atoms with Gasteiger partial charge in [0.25, 0.3) is 0 Å². The summed E-state index contributed by atoms with van der Waals surface area (Å²) >= 11 is 0. The molecule has 4 nitrogen and oxygen atoms in total. The fraction of sp³-hybridized carbons (Fsp3) is 0.267. The van der Waals surface area contributed by atoms with Crippen LogP contribution in [-0.4, -0.2) is 16.8 Å². The van der Waals surface area contributed by atoms with Crippen LogP contribution in [0.4, 0.5) is 0 Å². The minimum Gasteiger partial charge on any atom is -0.489 e. The van der Waals surface area contributed by atoms with Gasteiger partial charge in [-0.2, -0.15) is 0 Å². The Morgan fingerprint density at radius 3 is 2.29 bits per heavy atom. The molecule has 2 atom stereocenters. The summed E-state index contributed by atoms with van der Waals surface area (Å²) < 4.78 is 6.02. The molecule has 0 radical (unpaired) electrons. The van der Waals surface area contributed by atoms with Gasteiger partial charge in [0, 0.05) is 11.6 Å². The van der Waals surface area contributed by atoms with E-state index in [0.717, 1.165) is 11.1 Å². The Bertz CT molecular complexity index is 1210. The van der Waals surface area contributed by atoms with Crippen LogP contribution < -0.4 is 4.74 Å². The number of aliphatic carboxylic acids is 1. The molecule has 0 bridgehead atoms. The van der Waals surface area contributed by atoms with Gasteiger partial charge in [-0.25, -0.2) is 0 Å². The summed E-state index contributed by atoms with van der Waals surface area (Å²) in [5, 5.41) is 17.4. The smallest absolute Gasteiger partial charge is 0.304 e. The van der Waals surface area contributed by atoms with Crippen LogP contribution in [0.3, 0.4) is 0 Å². The Labute approximate surface area is 210 Å². The van der Waals surface area contributed by atoms with E-state index in [-0.39, 0.29) is 17.5 Å². The fourth-order valence-corrected chi connectivity index (χ4v) is 4.19. The van der Waals surface area contributed by atoms with Crippen molar-refractivity contribution in [3.8, 4) is 16.9 Å². The van der Waals surface area contributed by atoms with E-state index in [1.165, 1.54) is 22.3 Å². The Morgan fingerprint density at radius 2 is 1.71 bits per heavy atom. The molecule has 0 aromatic heterocycles. The van der Waals surface area contributed by atoms with Crippen LogP contribution in [0, 0.1) is 12.3 Å². The summed E-state index contributed by atoms with van der Waals surface area (Å²) in [7, 11) is 2.41. The van der Waals surface area contributed by atoms with Crippen LogP contribution in [0.25, 0.3) is 11.1 Å². The molecule has 3 aromatic carbocycles. The minimum absolute atomic E-state index is 0.124. The molecule has 182 valence electrons. The monoisotopic (exact) mass is 487 g/mol. The molecule has 0 fully saturated rings. The highest BCUT2D eigenvalue weighted by molar-refractivity contribution is 7.20. The molecular formula is C30H34NO3P. The largest absolute Gasteiger partial charge is 0.489 e. The maximum absolute atomic E-state index is 11.3. The van der Waals surface area contributed by atoms with Gasteiger partial charge >= 0.3 is 5.97 Å². The quantitative estimate of drug-likeness (QED) is 0.242. The van der Waals surface area contributed by atoms with Crippen molar-refractivity contribution >= 4 is 20.9 Å². The third kappa shape index (κ3) is 7.13. The van der Waals surface area contributed by atoms with Gasteiger partial charge in [0.15, 0.2) is 0 Å². The van der Waals surface area contributed by atoms with Crippen molar-refractivity contribution in [1.29, 1.82) is 5.41 Å². The lowest BCUT2D eigenvalue weighted by Crippen LogP contribution is -2.14. The number of aryl methyl sites for hydroxylation is 1. The molecule has 2 N–H and O–H groups in total. The summed E-state index contributed by atoms with van der Waals surface area (Å²) in [5.74, 6) is 0.944. The van der Waals surface area contributed by atoms with Gasteiger partial charge in [-0.3, -0.25) is 4.79 Å². The van der Waals surface area contributed by atoms with Crippen LogP contribution in [0.1, 0.15) is 55.4 Å². The normalized spacial score (nSPS) is 12.5. The molecule has 0 saturated heterocycles. The molecule has 3 aromatic rings. The predicted molar refractivity (Wildman–Crippen MR) is 148 cm³/mol. The lowest BCUT2D eigenvalue weighted by Gasteiger charge is -2.19. The summed E-state index contributed by atoms with van der Waals surface area (Å²) in [4.78, 5) is 11.3. The van der Waals surface area contributed by atoms with Crippen LogP contribution in [0.2, 0.25) is 0 Å². The number of hydrogen-bond acceptors (Lipinski definition) is 3. The lowest BCUT2D eigenvalue weighted by molar-refractivity contribution is -0.137. The molecule has 5 heteroatoms. The van der Waals surface area contributed by atoms with E-state index in [9.17, 15) is 9.90 Å². The van der Waals surface area contributed by atoms with Crippen LogP contribution >= 0.6 is 9.24 Å². The molecule has 0 heterocycles. The van der Waals surface area contributed by atoms with Crippen LogP contribution in [0.5, 0.6) is 5.75 Å². The van der Waals surface area contributed by atoms with E-state index in [1.54, 1.807) is 11.9 Å². The zero-order valence-corrected chi connectivity index (χ0v) is 22.0. The number of rotatable bonds is 9. The van der Waals surface area contributed by atoms with Crippen LogP contribution in [0.15, 0.2) is 78.6 Å². The SMILES string of the molecule is Cc1ccc(COc2ccc([C@H](CC(=O)O)C(=N)/C=C\P)cc2)cc1-c1ccc(C(C)(C)C)cc1. The molecule has 0 aliphatic carbocycles. The molecular weight excluding hydrogens is 453 g/mol. The van der Waals surface area contributed by atoms with E-state index < -0.39 is 11.9 Å². The number of benzene rings is 3. The van der Waals surface area contributed by atoms with Gasteiger partial charge in [-0.15, -0.1) is 9.24 Å². The third-order valence-corrected chi connectivity index (χ3v) is 6.27. The number of ether oxygens (including phenoxy) is 1. The van der Waals surface area contributed by atoms with Crippen LogP contribution in [-0.2, 0) is 16.8 Å². The first-order chi connectivity index (χ1) is 16.6. The second-order valence-corrected chi connectivity index (χ2v) is 10.2. The summed E-state index contributed by atoms with van der Waals surface area (Å²) in [5.41, 5.74) is 7.15. The van der Waals surface area contributed by atoms with Gasteiger partial charge in [-0.1, -0.05) is 75.1 Å². The van der Waals surface area contributed by atoms with Gasteiger partial charge in [0.05, 0.1) is 6.42 Å². The van der Waals surface area contributed by atoms with Crippen molar-refractivity contribution in [2.24, 2.45) is 0 Å². The summed E-state index contributed by atoms with van der Waals surface area (Å²) in [6.45, 7) is 9.20. The van der Waals surface area contributed by atoms with E-state index >= 15 is 0 Å². The Morgan fingerprint density at radius 1 is 1.06 bits per heavy atom. The average Bonchev–Trinajstić information content (AvgIpc) is 2.82. The van der Waals surface area contributed by atoms with Gasteiger partial charge in [0.2, 0.25) is 0 Å². The number of carbonyl (C=O) groups is 1. The first-order valence-electron chi connectivity index (χ1n) is 11.7. The average molecular weight is 488 g/mol. The van der Waals surface area contributed by atoms with Crippen molar-refractivity contribution in [3.05, 3.63) is 101 Å². The fourth-order valence-electron chi connectivity index (χ4n) is 3.98. The van der Waals surface area contributed by atoms with Crippen molar-refractivity contribution in [3.63, 3.8) is 0 Å². The summed E-state index contributed by atoms with van der Waals surface area (Å²) in [6.07, 6.45) is 1.48. The Hall–Kier alpha value is -3.23. The van der Waals surface area contributed by atoms with Gasteiger partial charge in [0.1, 0.15) is 12.4 Å². The van der Waals surface area contributed by atoms with E-state index in [0.29, 0.717) is 12.4 Å². The zero-order valence-electron chi connectivity index (χ0n) is 20.8. The lowest BCUT2D eigenvalue weighted by atomic mass is 9.86. The molecule has 1 unspecified atom stereocenters. The van der Waals surface area contributed by atoms with Gasteiger partial charge < -0.3 is 15.3 Å². The maximum atomic E-state index is 11.3. The highest BCUT2D eigenvalue weighted by Crippen LogP contribution is 2.29. The standard InChI is InChI=1S/C30H34NO3P/c1-20-5-6-21(17-26(20)22-7-11-24(12-8-22)30(2,3)4)19-34-25-13-9-23(10-14-25)27(18-29(32)33)28(31)15-16-35/h5-17,27,31H,18-19,35H2,1-4H3,(H,32,33)/b16-15-,31-28?/t27-/m0/s1. The first-order valence-corrected chi connectivity index (χ1v) is 12.4.